The third kappa shape index (κ3) is 5.83. The Kier molecular flexibility index (Phi) is 8.43. The molecule has 0 radical (unpaired) electrons. The van der Waals surface area contributed by atoms with Crippen LogP contribution in [0, 0.1) is 11.3 Å². The van der Waals surface area contributed by atoms with Crippen molar-refractivity contribution in [2.24, 2.45) is 5.14 Å². The molecule has 162 valence electrons. The highest BCUT2D eigenvalue weighted by Crippen LogP contribution is 2.37. The van der Waals surface area contributed by atoms with Gasteiger partial charge in [-0.25, -0.2) is 0 Å². The largest absolute Gasteiger partial charge is 0.490 e. The van der Waals surface area contributed by atoms with Crippen LogP contribution < -0.4 is 9.88 Å². The molecule has 0 bridgehead atoms. The van der Waals surface area contributed by atoms with Crippen molar-refractivity contribution in [1.82, 2.24) is 10.2 Å². The fourth-order valence-corrected chi connectivity index (χ4v) is 4.43. The highest BCUT2D eigenvalue weighted by Gasteiger charge is 2.18. The summed E-state index contributed by atoms with van der Waals surface area (Å²) < 4.78 is 5.70. The van der Waals surface area contributed by atoms with Crippen molar-refractivity contribution < 1.29 is 9.84 Å². The highest BCUT2D eigenvalue weighted by molar-refractivity contribution is 7.97. The quantitative estimate of drug-likeness (QED) is 0.524. The number of aliphatic hydroxyl groups is 1. The molecule has 6 nitrogen and oxygen atoms in total. The molecule has 8 heteroatoms. The molecule has 1 aliphatic carbocycles. The van der Waals surface area contributed by atoms with Gasteiger partial charge in [0, 0.05) is 16.9 Å². The summed E-state index contributed by atoms with van der Waals surface area (Å²) in [6.07, 6.45) is 3.50. The van der Waals surface area contributed by atoms with E-state index < -0.39 is 0 Å². The smallest absolute Gasteiger partial charge is 0.148 e. The summed E-state index contributed by atoms with van der Waals surface area (Å²) in [4.78, 5) is 0. The summed E-state index contributed by atoms with van der Waals surface area (Å²) in [6.45, 7) is 4.08. The van der Waals surface area contributed by atoms with Gasteiger partial charge < -0.3 is 9.84 Å². The second kappa shape index (κ2) is 11.3. The summed E-state index contributed by atoms with van der Waals surface area (Å²) in [5, 5.41) is 32.9. The number of hydrogen-bond donors (Lipinski definition) is 2. The lowest BCUT2D eigenvalue weighted by atomic mass is 10.0. The van der Waals surface area contributed by atoms with E-state index in [2.05, 4.69) is 34.5 Å². The second-order valence-corrected chi connectivity index (χ2v) is 9.01. The second-order valence-electron chi connectivity index (χ2n) is 7.29. The normalized spacial score (nSPS) is 12.1. The van der Waals surface area contributed by atoms with Gasteiger partial charge in [0.25, 0.3) is 0 Å². The van der Waals surface area contributed by atoms with E-state index in [1.54, 1.807) is 11.3 Å². The number of aliphatic hydroxyl groups excluding tert-OH is 1. The molecule has 4 rings (SSSR count). The molecular weight excluding hydrogens is 428 g/mol. The standard InChI is InChI=1S/C21H19N3OS.C2H7NOS/c1-13(2)25-19-10-9-15(11-16(19)12-22)20-23-24-21(26-20)18-8-4-6-14-5-3-7-17(14)18;3-5-2-1-4/h4,6,8-11,13H,3,5,7H2,1-2H3;4H,1-3H2. The maximum Gasteiger partial charge on any atom is 0.148 e. The van der Waals surface area contributed by atoms with Crippen molar-refractivity contribution in [3.05, 3.63) is 53.1 Å². The summed E-state index contributed by atoms with van der Waals surface area (Å²) in [6, 6.07) is 14.3. The van der Waals surface area contributed by atoms with Crippen molar-refractivity contribution in [1.29, 1.82) is 5.26 Å². The van der Waals surface area contributed by atoms with Crippen molar-refractivity contribution in [3.63, 3.8) is 0 Å². The number of rotatable bonds is 6. The predicted molar refractivity (Wildman–Crippen MR) is 127 cm³/mol. The molecule has 1 aliphatic rings. The van der Waals surface area contributed by atoms with Gasteiger partial charge >= 0.3 is 0 Å². The Morgan fingerprint density at radius 3 is 2.71 bits per heavy atom. The van der Waals surface area contributed by atoms with Crippen LogP contribution in [-0.4, -0.2) is 33.8 Å². The van der Waals surface area contributed by atoms with Crippen LogP contribution in [0.3, 0.4) is 0 Å². The summed E-state index contributed by atoms with van der Waals surface area (Å²) in [5.41, 5.74) is 5.46. The van der Waals surface area contributed by atoms with Crippen LogP contribution in [0.1, 0.15) is 37.0 Å². The zero-order valence-corrected chi connectivity index (χ0v) is 19.3. The van der Waals surface area contributed by atoms with E-state index >= 15 is 0 Å². The van der Waals surface area contributed by atoms with Gasteiger partial charge in [-0.3, -0.25) is 5.14 Å². The van der Waals surface area contributed by atoms with Crippen LogP contribution in [0.5, 0.6) is 5.75 Å². The molecule has 3 N–H and O–H groups in total. The van der Waals surface area contributed by atoms with E-state index in [0.717, 1.165) is 40.4 Å². The lowest BCUT2D eigenvalue weighted by Gasteiger charge is -2.11. The lowest BCUT2D eigenvalue weighted by molar-refractivity contribution is 0.242. The number of nitrogens with zero attached hydrogens (tertiary/aromatic N) is 3. The van der Waals surface area contributed by atoms with Crippen molar-refractivity contribution in [3.8, 4) is 33.0 Å². The molecule has 0 aliphatic heterocycles. The fourth-order valence-electron chi connectivity index (χ4n) is 3.43. The maximum absolute atomic E-state index is 9.43. The molecule has 0 atom stereocenters. The van der Waals surface area contributed by atoms with E-state index in [9.17, 15) is 5.26 Å². The molecule has 0 spiro atoms. The minimum atomic E-state index is 0.0289. The Hall–Kier alpha value is -2.44. The topological polar surface area (TPSA) is 105 Å². The molecule has 0 amide bonds. The highest BCUT2D eigenvalue weighted by atomic mass is 32.2. The molecule has 0 unspecified atom stereocenters. The number of aromatic nitrogens is 2. The number of nitriles is 1. The first-order chi connectivity index (χ1) is 15.1. The van der Waals surface area contributed by atoms with Crippen molar-refractivity contribution in [2.75, 3.05) is 12.4 Å². The Balaban J connectivity index is 0.000000491. The first-order valence-corrected chi connectivity index (χ1v) is 12.0. The number of nitrogens with two attached hydrogens (primary N) is 1. The van der Waals surface area contributed by atoms with Gasteiger partial charge in [-0.2, -0.15) is 5.26 Å². The average molecular weight is 455 g/mol. The van der Waals surface area contributed by atoms with Gasteiger partial charge in [0.15, 0.2) is 0 Å². The zero-order chi connectivity index (χ0) is 22.2. The van der Waals surface area contributed by atoms with Gasteiger partial charge in [-0.15, -0.1) is 10.2 Å². The molecule has 0 saturated carbocycles. The number of ether oxygens (including phenoxy) is 1. The molecule has 31 heavy (non-hydrogen) atoms. The van der Waals surface area contributed by atoms with E-state index in [-0.39, 0.29) is 12.7 Å². The van der Waals surface area contributed by atoms with Gasteiger partial charge in [-0.1, -0.05) is 41.5 Å². The van der Waals surface area contributed by atoms with Crippen LogP contribution in [-0.2, 0) is 12.8 Å². The number of benzene rings is 2. The van der Waals surface area contributed by atoms with Crippen molar-refractivity contribution in [2.45, 2.75) is 39.2 Å². The third-order valence-electron chi connectivity index (χ3n) is 4.72. The Morgan fingerprint density at radius 1 is 1.23 bits per heavy atom. The molecule has 3 aromatic rings. The number of hydrogen-bond acceptors (Lipinski definition) is 8. The van der Waals surface area contributed by atoms with E-state index in [1.165, 1.54) is 23.1 Å². The molecule has 1 aromatic heterocycles. The molecule has 2 aromatic carbocycles. The van der Waals surface area contributed by atoms with Crippen LogP contribution >= 0.6 is 23.3 Å². The van der Waals surface area contributed by atoms with Crippen LogP contribution in [0.25, 0.3) is 21.1 Å². The lowest BCUT2D eigenvalue weighted by Crippen LogP contribution is -2.06. The fraction of sp³-hybridized carbons (Fsp3) is 0.348. The number of aryl methyl sites for hydroxylation is 1. The van der Waals surface area contributed by atoms with Gasteiger partial charge in [0.1, 0.15) is 21.8 Å². The number of fused-ring (bicyclic) bond motifs is 1. The monoisotopic (exact) mass is 454 g/mol. The Morgan fingerprint density at radius 2 is 2.03 bits per heavy atom. The SMILES string of the molecule is CC(C)Oc1ccc(-c2nnc(-c3cccc4c3CCC4)s2)cc1C#N.NSCCO. The first-order valence-electron chi connectivity index (χ1n) is 10.2. The predicted octanol–water partition coefficient (Wildman–Crippen LogP) is 4.61. The molecular formula is C23H26N4O2S2. The molecule has 0 fully saturated rings. The zero-order valence-electron chi connectivity index (χ0n) is 17.7. The molecule has 0 saturated heterocycles. The van der Waals surface area contributed by atoms with Crippen LogP contribution in [0.2, 0.25) is 0 Å². The van der Waals surface area contributed by atoms with Crippen LogP contribution in [0.4, 0.5) is 0 Å². The van der Waals surface area contributed by atoms with E-state index in [0.29, 0.717) is 17.1 Å². The molecule has 1 heterocycles. The average Bonchev–Trinajstić information content (AvgIpc) is 3.44. The summed E-state index contributed by atoms with van der Waals surface area (Å²) in [5.74, 6) is 1.25. The van der Waals surface area contributed by atoms with Gasteiger partial charge in [-0.05, 0) is 62.4 Å². The first kappa shape index (κ1) is 23.2. The van der Waals surface area contributed by atoms with Crippen LogP contribution in [0.15, 0.2) is 36.4 Å². The van der Waals surface area contributed by atoms with Crippen molar-refractivity contribution >= 4 is 23.3 Å². The summed E-state index contributed by atoms with van der Waals surface area (Å²) >= 11 is 2.72. The Labute approximate surface area is 191 Å². The maximum atomic E-state index is 9.43. The Bertz CT molecular complexity index is 1060. The van der Waals surface area contributed by atoms with Gasteiger partial charge in [0.2, 0.25) is 0 Å². The minimum absolute atomic E-state index is 0.0289. The van der Waals surface area contributed by atoms with E-state index in [4.69, 9.17) is 15.0 Å². The van der Waals surface area contributed by atoms with E-state index in [1.807, 2.05) is 32.0 Å². The summed E-state index contributed by atoms with van der Waals surface area (Å²) in [7, 11) is 0. The van der Waals surface area contributed by atoms with Gasteiger partial charge in [0.05, 0.1) is 18.3 Å². The third-order valence-corrected chi connectivity index (χ3v) is 6.14. The minimum Gasteiger partial charge on any atom is -0.490 e.